The maximum Gasteiger partial charge on any atom is 0.220 e. The Bertz CT molecular complexity index is 195. The molecule has 16 heavy (non-hydrogen) atoms. The Balaban J connectivity index is 3.93. The molecule has 1 atom stereocenters. The lowest BCUT2D eigenvalue weighted by Crippen LogP contribution is -2.44. The van der Waals surface area contributed by atoms with Gasteiger partial charge in [0.15, 0.2) is 0 Å². The van der Waals surface area contributed by atoms with Gasteiger partial charge in [-0.25, -0.2) is 0 Å². The molecule has 1 unspecified atom stereocenters. The number of amides is 1. The van der Waals surface area contributed by atoms with Crippen LogP contribution in [0.3, 0.4) is 0 Å². The van der Waals surface area contributed by atoms with Crippen LogP contribution in [0.1, 0.15) is 33.1 Å². The number of nitrogens with zero attached hydrogens (tertiary/aromatic N) is 1. The topological polar surface area (TPSA) is 32.3 Å². The van der Waals surface area contributed by atoms with Crippen LogP contribution in [0.5, 0.6) is 0 Å². The largest absolute Gasteiger partial charge is 0.352 e. The van der Waals surface area contributed by atoms with Gasteiger partial charge < -0.3 is 10.2 Å². The molecule has 0 radical (unpaired) electrons. The molecule has 0 heterocycles. The molecule has 1 N–H and O–H groups in total. The van der Waals surface area contributed by atoms with E-state index in [-0.39, 0.29) is 11.9 Å². The van der Waals surface area contributed by atoms with Gasteiger partial charge in [0.05, 0.1) is 0 Å². The van der Waals surface area contributed by atoms with E-state index < -0.39 is 0 Å². The van der Waals surface area contributed by atoms with Gasteiger partial charge in [-0.15, -0.1) is 11.6 Å². The third-order valence-electron chi connectivity index (χ3n) is 2.50. The number of hydrogen-bond donors (Lipinski definition) is 1. The standard InChI is InChI=1S/C12H25ClN2O/c1-10(2)11(9-15(3)4)14-12(16)7-5-6-8-13/h10-11H,5-9H2,1-4H3,(H,14,16). The summed E-state index contributed by atoms with van der Waals surface area (Å²) in [7, 11) is 4.05. The van der Waals surface area contributed by atoms with E-state index in [1.807, 2.05) is 14.1 Å². The lowest BCUT2D eigenvalue weighted by Gasteiger charge is -2.25. The predicted octanol–water partition coefficient (Wildman–Crippen LogP) is 2.10. The first-order chi connectivity index (χ1) is 7.47. The number of unbranched alkanes of at least 4 members (excludes halogenated alkanes) is 1. The first kappa shape index (κ1) is 15.7. The summed E-state index contributed by atoms with van der Waals surface area (Å²) in [6.45, 7) is 5.15. The van der Waals surface area contributed by atoms with Crippen molar-refractivity contribution in [1.82, 2.24) is 10.2 Å². The van der Waals surface area contributed by atoms with E-state index >= 15 is 0 Å². The number of hydrogen-bond acceptors (Lipinski definition) is 2. The van der Waals surface area contributed by atoms with Gasteiger partial charge in [-0.1, -0.05) is 13.8 Å². The summed E-state index contributed by atoms with van der Waals surface area (Å²) in [4.78, 5) is 13.7. The summed E-state index contributed by atoms with van der Waals surface area (Å²) in [5.74, 6) is 1.24. The molecule has 0 aromatic rings. The van der Waals surface area contributed by atoms with Crippen LogP contribution in [-0.2, 0) is 4.79 Å². The van der Waals surface area contributed by atoms with Gasteiger partial charge in [-0.2, -0.15) is 0 Å². The van der Waals surface area contributed by atoms with E-state index in [1.54, 1.807) is 0 Å². The van der Waals surface area contributed by atoms with E-state index in [0.717, 1.165) is 19.4 Å². The van der Waals surface area contributed by atoms with Crippen LogP contribution in [0.25, 0.3) is 0 Å². The van der Waals surface area contributed by atoms with E-state index in [1.165, 1.54) is 0 Å². The van der Waals surface area contributed by atoms with Crippen molar-refractivity contribution in [2.24, 2.45) is 5.92 Å². The number of carbonyl (C=O) groups is 1. The van der Waals surface area contributed by atoms with Crippen molar-refractivity contribution in [3.63, 3.8) is 0 Å². The molecule has 4 heteroatoms. The molecular weight excluding hydrogens is 224 g/mol. The zero-order chi connectivity index (χ0) is 12.6. The number of carbonyl (C=O) groups excluding carboxylic acids is 1. The highest BCUT2D eigenvalue weighted by atomic mass is 35.5. The summed E-state index contributed by atoms with van der Waals surface area (Å²) in [5, 5.41) is 3.08. The zero-order valence-electron chi connectivity index (χ0n) is 10.9. The number of likely N-dealkylation sites (N-methyl/N-ethyl adjacent to an activating group) is 1. The van der Waals surface area contributed by atoms with Crippen LogP contribution in [0.15, 0.2) is 0 Å². The summed E-state index contributed by atoms with van der Waals surface area (Å²) in [5.41, 5.74) is 0. The smallest absolute Gasteiger partial charge is 0.220 e. The Morgan fingerprint density at radius 1 is 1.31 bits per heavy atom. The van der Waals surface area contributed by atoms with E-state index in [4.69, 9.17) is 11.6 Å². The van der Waals surface area contributed by atoms with Gasteiger partial charge in [0.2, 0.25) is 5.91 Å². The zero-order valence-corrected chi connectivity index (χ0v) is 11.7. The molecule has 1 amide bonds. The summed E-state index contributed by atoms with van der Waals surface area (Å²) < 4.78 is 0. The summed E-state index contributed by atoms with van der Waals surface area (Å²) >= 11 is 5.57. The summed E-state index contributed by atoms with van der Waals surface area (Å²) in [6, 6.07) is 0.235. The van der Waals surface area contributed by atoms with Crippen LogP contribution < -0.4 is 5.32 Å². The highest BCUT2D eigenvalue weighted by Crippen LogP contribution is 2.04. The lowest BCUT2D eigenvalue weighted by molar-refractivity contribution is -0.122. The second kappa shape index (κ2) is 8.82. The molecule has 3 nitrogen and oxygen atoms in total. The highest BCUT2D eigenvalue weighted by molar-refractivity contribution is 6.17. The van der Waals surface area contributed by atoms with Crippen molar-refractivity contribution in [1.29, 1.82) is 0 Å². The van der Waals surface area contributed by atoms with Crippen molar-refractivity contribution in [3.8, 4) is 0 Å². The van der Waals surface area contributed by atoms with Gasteiger partial charge in [0.25, 0.3) is 0 Å². The lowest BCUT2D eigenvalue weighted by atomic mass is 10.0. The molecule has 0 aromatic carbocycles. The Morgan fingerprint density at radius 3 is 2.38 bits per heavy atom. The van der Waals surface area contributed by atoms with Gasteiger partial charge in [-0.3, -0.25) is 4.79 Å². The van der Waals surface area contributed by atoms with Gasteiger partial charge in [0, 0.05) is 24.9 Å². The molecule has 0 saturated heterocycles. The SMILES string of the molecule is CC(C)C(CN(C)C)NC(=O)CCCCCl. The van der Waals surface area contributed by atoms with Gasteiger partial charge in [-0.05, 0) is 32.9 Å². The molecule has 0 spiro atoms. The van der Waals surface area contributed by atoms with Crippen LogP contribution in [0.2, 0.25) is 0 Å². The second-order valence-corrected chi connectivity index (χ2v) is 5.20. The Hall–Kier alpha value is -0.280. The number of alkyl halides is 1. The van der Waals surface area contributed by atoms with Crippen LogP contribution in [0.4, 0.5) is 0 Å². The van der Waals surface area contributed by atoms with Crippen molar-refractivity contribution < 1.29 is 4.79 Å². The average molecular weight is 249 g/mol. The molecule has 0 bridgehead atoms. The van der Waals surface area contributed by atoms with Crippen LogP contribution in [0, 0.1) is 5.92 Å². The van der Waals surface area contributed by atoms with E-state index in [0.29, 0.717) is 18.2 Å². The molecule has 0 rings (SSSR count). The number of rotatable bonds is 8. The van der Waals surface area contributed by atoms with Gasteiger partial charge in [0.1, 0.15) is 0 Å². The normalized spacial score (nSPS) is 13.2. The minimum Gasteiger partial charge on any atom is -0.352 e. The van der Waals surface area contributed by atoms with E-state index in [2.05, 4.69) is 24.1 Å². The van der Waals surface area contributed by atoms with Gasteiger partial charge >= 0.3 is 0 Å². The quantitative estimate of drug-likeness (QED) is 0.527. The first-order valence-electron chi connectivity index (χ1n) is 5.97. The Labute approximate surface area is 105 Å². The Kier molecular flexibility index (Phi) is 8.67. The fraction of sp³-hybridized carbons (Fsp3) is 0.917. The first-order valence-corrected chi connectivity index (χ1v) is 6.51. The average Bonchev–Trinajstić information content (AvgIpc) is 2.16. The fourth-order valence-electron chi connectivity index (χ4n) is 1.48. The molecule has 96 valence electrons. The number of nitrogens with one attached hydrogen (secondary N) is 1. The molecular formula is C12H25ClN2O. The highest BCUT2D eigenvalue weighted by Gasteiger charge is 2.16. The van der Waals surface area contributed by atoms with Crippen LogP contribution >= 0.6 is 11.6 Å². The fourth-order valence-corrected chi connectivity index (χ4v) is 1.66. The monoisotopic (exact) mass is 248 g/mol. The minimum atomic E-state index is 0.144. The maximum absolute atomic E-state index is 11.6. The van der Waals surface area contributed by atoms with Crippen molar-refractivity contribution in [2.45, 2.75) is 39.2 Å². The summed E-state index contributed by atoms with van der Waals surface area (Å²) in [6.07, 6.45) is 2.38. The number of halogens is 1. The molecule has 0 aromatic heterocycles. The predicted molar refractivity (Wildman–Crippen MR) is 69.9 cm³/mol. The Morgan fingerprint density at radius 2 is 1.94 bits per heavy atom. The molecule has 0 fully saturated rings. The minimum absolute atomic E-state index is 0.144. The molecule has 0 aliphatic heterocycles. The van der Waals surface area contributed by atoms with Crippen LogP contribution in [-0.4, -0.2) is 43.4 Å². The second-order valence-electron chi connectivity index (χ2n) is 4.83. The maximum atomic E-state index is 11.6. The van der Waals surface area contributed by atoms with Crippen molar-refractivity contribution in [2.75, 3.05) is 26.5 Å². The third-order valence-corrected chi connectivity index (χ3v) is 2.77. The molecule has 0 aliphatic carbocycles. The van der Waals surface area contributed by atoms with Crippen molar-refractivity contribution in [3.05, 3.63) is 0 Å². The molecule has 0 saturated carbocycles. The van der Waals surface area contributed by atoms with Crippen molar-refractivity contribution >= 4 is 17.5 Å². The third kappa shape index (κ3) is 7.94. The van der Waals surface area contributed by atoms with E-state index in [9.17, 15) is 4.79 Å². The molecule has 0 aliphatic rings.